The number of rotatable bonds is 2. The monoisotopic (exact) mass is 294 g/mol. The largest absolute Gasteiger partial charge is 0.508 e. The van der Waals surface area contributed by atoms with Crippen LogP contribution < -0.4 is 0 Å². The highest BCUT2D eigenvalue weighted by molar-refractivity contribution is 5.77. The second-order valence-electron chi connectivity index (χ2n) is 4.98. The SMILES string of the molecule is Oc1ccc(-c2ccc(-c3ccc(O)c(O)c3)c(O)c2)cc1. The maximum Gasteiger partial charge on any atom is 0.158 e. The summed E-state index contributed by atoms with van der Waals surface area (Å²) >= 11 is 0. The highest BCUT2D eigenvalue weighted by Crippen LogP contribution is 2.37. The first kappa shape index (κ1) is 13.8. The fourth-order valence-electron chi connectivity index (χ4n) is 2.30. The molecule has 3 aromatic carbocycles. The van der Waals surface area contributed by atoms with Crippen LogP contribution in [0.25, 0.3) is 22.3 Å². The minimum atomic E-state index is -0.237. The lowest BCUT2D eigenvalue weighted by Crippen LogP contribution is -1.83. The summed E-state index contributed by atoms with van der Waals surface area (Å²) in [7, 11) is 0. The molecule has 4 nitrogen and oxygen atoms in total. The predicted molar refractivity (Wildman–Crippen MR) is 84.0 cm³/mol. The Hall–Kier alpha value is -3.14. The molecule has 4 heteroatoms. The summed E-state index contributed by atoms with van der Waals surface area (Å²) in [5.74, 6) is -0.191. The third-order valence-corrected chi connectivity index (χ3v) is 3.48. The molecule has 0 heterocycles. The van der Waals surface area contributed by atoms with Gasteiger partial charge in [-0.2, -0.15) is 0 Å². The van der Waals surface area contributed by atoms with Crippen molar-refractivity contribution in [1.82, 2.24) is 0 Å². The lowest BCUT2D eigenvalue weighted by Gasteiger charge is -2.09. The highest BCUT2D eigenvalue weighted by atomic mass is 16.3. The molecule has 0 saturated heterocycles. The number of phenolic OH excluding ortho intramolecular Hbond substituents is 4. The second-order valence-corrected chi connectivity index (χ2v) is 4.98. The van der Waals surface area contributed by atoms with Crippen LogP contribution in [-0.4, -0.2) is 20.4 Å². The molecule has 0 amide bonds. The van der Waals surface area contributed by atoms with Crippen molar-refractivity contribution >= 4 is 0 Å². The van der Waals surface area contributed by atoms with Crippen molar-refractivity contribution in [2.24, 2.45) is 0 Å². The molecule has 3 rings (SSSR count). The lowest BCUT2D eigenvalue weighted by atomic mass is 9.99. The summed E-state index contributed by atoms with van der Waals surface area (Å²) in [6.45, 7) is 0. The number of hydrogen-bond donors (Lipinski definition) is 4. The zero-order valence-corrected chi connectivity index (χ0v) is 11.6. The standard InChI is InChI=1S/C18H14O4/c19-14-5-1-11(2-6-14)12-3-7-15(17(21)9-12)13-4-8-16(20)18(22)10-13/h1-10,19-22H. The maximum atomic E-state index is 10.2. The average Bonchev–Trinajstić information content (AvgIpc) is 2.51. The molecule has 0 radical (unpaired) electrons. The van der Waals surface area contributed by atoms with Crippen molar-refractivity contribution in [1.29, 1.82) is 0 Å². The van der Waals surface area contributed by atoms with Gasteiger partial charge in [-0.15, -0.1) is 0 Å². The Bertz CT molecular complexity index is 823. The predicted octanol–water partition coefficient (Wildman–Crippen LogP) is 3.84. The van der Waals surface area contributed by atoms with Crippen molar-refractivity contribution in [3.63, 3.8) is 0 Å². The minimum Gasteiger partial charge on any atom is -0.508 e. The smallest absolute Gasteiger partial charge is 0.158 e. The Kier molecular flexibility index (Phi) is 3.35. The maximum absolute atomic E-state index is 10.2. The van der Waals surface area contributed by atoms with E-state index in [4.69, 9.17) is 0 Å². The van der Waals surface area contributed by atoms with Gasteiger partial charge in [0.05, 0.1) is 0 Å². The number of aromatic hydroxyl groups is 4. The first-order valence-corrected chi connectivity index (χ1v) is 6.69. The second kappa shape index (κ2) is 5.33. The van der Waals surface area contributed by atoms with E-state index in [-0.39, 0.29) is 23.0 Å². The van der Waals surface area contributed by atoms with E-state index in [1.54, 1.807) is 42.5 Å². The van der Waals surface area contributed by atoms with Crippen LogP contribution in [0.3, 0.4) is 0 Å². The van der Waals surface area contributed by atoms with Crippen molar-refractivity contribution in [2.45, 2.75) is 0 Å². The third-order valence-electron chi connectivity index (χ3n) is 3.48. The van der Waals surface area contributed by atoms with Crippen LogP contribution in [0.4, 0.5) is 0 Å². The third kappa shape index (κ3) is 2.54. The Morgan fingerprint density at radius 2 is 1.05 bits per heavy atom. The van der Waals surface area contributed by atoms with Gasteiger partial charge in [0.1, 0.15) is 11.5 Å². The molecule has 0 aliphatic carbocycles. The molecule has 22 heavy (non-hydrogen) atoms. The van der Waals surface area contributed by atoms with Gasteiger partial charge < -0.3 is 20.4 Å². The normalized spacial score (nSPS) is 10.5. The Balaban J connectivity index is 2.01. The zero-order valence-electron chi connectivity index (χ0n) is 11.6. The van der Waals surface area contributed by atoms with Crippen LogP contribution in [0.2, 0.25) is 0 Å². The molecular formula is C18H14O4. The summed E-state index contributed by atoms with van der Waals surface area (Å²) in [5.41, 5.74) is 2.83. The van der Waals surface area contributed by atoms with Gasteiger partial charge in [0.2, 0.25) is 0 Å². The molecule has 0 aromatic heterocycles. The molecule has 0 saturated carbocycles. The van der Waals surface area contributed by atoms with Crippen molar-refractivity contribution < 1.29 is 20.4 Å². The molecule has 0 unspecified atom stereocenters. The first-order valence-electron chi connectivity index (χ1n) is 6.69. The molecule has 4 N–H and O–H groups in total. The van der Waals surface area contributed by atoms with Gasteiger partial charge in [0, 0.05) is 5.56 Å². The number of benzene rings is 3. The van der Waals surface area contributed by atoms with Crippen LogP contribution in [0, 0.1) is 0 Å². The van der Waals surface area contributed by atoms with E-state index in [0.29, 0.717) is 11.1 Å². The molecule has 0 atom stereocenters. The van der Waals surface area contributed by atoms with Gasteiger partial charge in [-0.25, -0.2) is 0 Å². The van der Waals surface area contributed by atoms with Crippen LogP contribution in [0.1, 0.15) is 0 Å². The van der Waals surface area contributed by atoms with Gasteiger partial charge in [-0.1, -0.05) is 30.3 Å². The number of phenols is 4. The van der Waals surface area contributed by atoms with E-state index in [0.717, 1.165) is 11.1 Å². The van der Waals surface area contributed by atoms with E-state index in [1.807, 2.05) is 6.07 Å². The molecule has 0 aliphatic rings. The minimum absolute atomic E-state index is 0.0654. The number of hydrogen-bond acceptors (Lipinski definition) is 4. The van der Waals surface area contributed by atoms with Gasteiger partial charge in [-0.05, 0) is 47.0 Å². The van der Waals surface area contributed by atoms with Crippen molar-refractivity contribution in [2.75, 3.05) is 0 Å². The summed E-state index contributed by atoms with van der Waals surface area (Å²) < 4.78 is 0. The van der Waals surface area contributed by atoms with Gasteiger partial charge in [0.15, 0.2) is 11.5 Å². The highest BCUT2D eigenvalue weighted by Gasteiger charge is 2.09. The zero-order chi connectivity index (χ0) is 15.7. The fraction of sp³-hybridized carbons (Fsp3) is 0. The van der Waals surface area contributed by atoms with Crippen LogP contribution >= 0.6 is 0 Å². The van der Waals surface area contributed by atoms with E-state index in [1.165, 1.54) is 12.1 Å². The van der Waals surface area contributed by atoms with E-state index < -0.39 is 0 Å². The topological polar surface area (TPSA) is 80.9 Å². The van der Waals surface area contributed by atoms with E-state index in [2.05, 4.69) is 0 Å². The summed E-state index contributed by atoms with van der Waals surface area (Å²) in [6, 6.07) is 16.3. The van der Waals surface area contributed by atoms with Crippen LogP contribution in [0.15, 0.2) is 60.7 Å². The van der Waals surface area contributed by atoms with Crippen LogP contribution in [-0.2, 0) is 0 Å². The van der Waals surface area contributed by atoms with E-state index >= 15 is 0 Å². The van der Waals surface area contributed by atoms with E-state index in [9.17, 15) is 20.4 Å². The summed E-state index contributed by atoms with van der Waals surface area (Å²) in [6.07, 6.45) is 0. The lowest BCUT2D eigenvalue weighted by molar-refractivity contribution is 0.404. The summed E-state index contributed by atoms with van der Waals surface area (Å²) in [4.78, 5) is 0. The van der Waals surface area contributed by atoms with Gasteiger partial charge in [0.25, 0.3) is 0 Å². The Morgan fingerprint density at radius 1 is 0.455 bits per heavy atom. The van der Waals surface area contributed by atoms with Gasteiger partial charge >= 0.3 is 0 Å². The molecule has 3 aromatic rings. The quantitative estimate of drug-likeness (QED) is 0.541. The molecule has 0 spiro atoms. The Labute approximate surface area is 127 Å². The van der Waals surface area contributed by atoms with Crippen molar-refractivity contribution in [3.8, 4) is 45.3 Å². The Morgan fingerprint density at radius 3 is 1.68 bits per heavy atom. The molecule has 0 aliphatic heterocycles. The van der Waals surface area contributed by atoms with Crippen LogP contribution in [0.5, 0.6) is 23.0 Å². The summed E-state index contributed by atoms with van der Waals surface area (Å²) in [5, 5.41) is 38.4. The fourth-order valence-corrected chi connectivity index (χ4v) is 2.30. The van der Waals surface area contributed by atoms with Crippen molar-refractivity contribution in [3.05, 3.63) is 60.7 Å². The molecule has 110 valence electrons. The first-order chi connectivity index (χ1) is 10.5. The average molecular weight is 294 g/mol. The molecule has 0 fully saturated rings. The molecule has 0 bridgehead atoms. The van der Waals surface area contributed by atoms with Gasteiger partial charge in [-0.3, -0.25) is 0 Å². The molecular weight excluding hydrogens is 280 g/mol.